The summed E-state index contributed by atoms with van der Waals surface area (Å²) in [5, 5.41) is 19.9. The van der Waals surface area contributed by atoms with Gasteiger partial charge < -0.3 is 14.6 Å². The van der Waals surface area contributed by atoms with Gasteiger partial charge in [0.05, 0.1) is 11.0 Å². The Bertz CT molecular complexity index is 611. The minimum absolute atomic E-state index is 0.0806. The largest absolute Gasteiger partial charge is 0.484 e. The number of nitro groups is 1. The predicted octanol–water partition coefficient (Wildman–Crippen LogP) is 1.61. The molecule has 0 fully saturated rings. The minimum Gasteiger partial charge on any atom is -0.484 e. The van der Waals surface area contributed by atoms with Crippen LogP contribution >= 0.6 is 0 Å². The third kappa shape index (κ3) is 3.28. The highest BCUT2D eigenvalue weighted by molar-refractivity contribution is 5.98. The summed E-state index contributed by atoms with van der Waals surface area (Å²) in [4.78, 5) is 25.2. The maximum Gasteiger partial charge on any atom is 0.332 e. The summed E-state index contributed by atoms with van der Waals surface area (Å²) < 4.78 is 10.5. The Labute approximate surface area is 120 Å². The van der Waals surface area contributed by atoms with E-state index in [1.807, 2.05) is 0 Å². The molecule has 1 aromatic carbocycles. The van der Waals surface area contributed by atoms with Gasteiger partial charge in [-0.3, -0.25) is 10.1 Å². The van der Waals surface area contributed by atoms with Crippen LogP contribution in [0.25, 0.3) is 0 Å². The van der Waals surface area contributed by atoms with Crippen molar-refractivity contribution in [1.82, 2.24) is 0 Å². The van der Waals surface area contributed by atoms with Gasteiger partial charge in [0.2, 0.25) is 5.90 Å². The van der Waals surface area contributed by atoms with Crippen molar-refractivity contribution in [2.75, 3.05) is 6.61 Å². The summed E-state index contributed by atoms with van der Waals surface area (Å²) in [5.74, 6) is -0.868. The number of carboxylic acid groups (broad SMARTS) is 1. The molecule has 0 spiro atoms. The Kier molecular flexibility index (Phi) is 4.06. The lowest BCUT2D eigenvalue weighted by Crippen LogP contribution is -2.18. The van der Waals surface area contributed by atoms with Gasteiger partial charge in [0.15, 0.2) is 11.8 Å². The van der Waals surface area contributed by atoms with Gasteiger partial charge in [-0.2, -0.15) is 0 Å². The molecule has 2 rings (SSSR count). The van der Waals surface area contributed by atoms with Crippen LogP contribution in [0.15, 0.2) is 23.2 Å². The van der Waals surface area contributed by atoms with E-state index in [4.69, 9.17) is 14.6 Å². The van der Waals surface area contributed by atoms with E-state index in [0.29, 0.717) is 5.56 Å². The van der Waals surface area contributed by atoms with Gasteiger partial charge in [-0.05, 0) is 26.0 Å². The van der Waals surface area contributed by atoms with Crippen molar-refractivity contribution >= 4 is 17.6 Å². The van der Waals surface area contributed by atoms with E-state index in [-0.39, 0.29) is 30.0 Å². The fourth-order valence-corrected chi connectivity index (χ4v) is 1.80. The lowest BCUT2D eigenvalue weighted by Gasteiger charge is -2.10. The zero-order valence-corrected chi connectivity index (χ0v) is 11.5. The predicted molar refractivity (Wildman–Crippen MR) is 72.8 cm³/mol. The quantitative estimate of drug-likeness (QED) is 0.652. The molecular weight excluding hydrogens is 280 g/mol. The normalized spacial score (nSPS) is 17.3. The maximum atomic E-state index is 11.1. The van der Waals surface area contributed by atoms with E-state index < -0.39 is 16.9 Å². The number of ether oxygens (including phenoxy) is 2. The summed E-state index contributed by atoms with van der Waals surface area (Å²) in [7, 11) is 0. The molecule has 0 saturated carbocycles. The zero-order valence-electron chi connectivity index (χ0n) is 11.5. The first-order chi connectivity index (χ1) is 9.88. The molecule has 1 N–H and O–H groups in total. The van der Waals surface area contributed by atoms with Gasteiger partial charge in [0.25, 0.3) is 0 Å². The highest BCUT2D eigenvalue weighted by Crippen LogP contribution is 2.30. The average molecular weight is 294 g/mol. The Morgan fingerprint density at radius 3 is 2.81 bits per heavy atom. The van der Waals surface area contributed by atoms with Crippen LogP contribution in [0.5, 0.6) is 5.75 Å². The smallest absolute Gasteiger partial charge is 0.332 e. The third-order valence-corrected chi connectivity index (χ3v) is 2.70. The summed E-state index contributed by atoms with van der Waals surface area (Å²) in [6.45, 7) is 3.45. The van der Waals surface area contributed by atoms with Gasteiger partial charge in [-0.15, -0.1) is 0 Å². The lowest BCUT2D eigenvalue weighted by atomic mass is 10.2. The maximum absolute atomic E-state index is 11.1. The van der Waals surface area contributed by atoms with Gasteiger partial charge in [0.1, 0.15) is 6.61 Å². The van der Waals surface area contributed by atoms with E-state index >= 15 is 0 Å². The number of hydrogen-bond donors (Lipinski definition) is 1. The highest BCUT2D eigenvalue weighted by Gasteiger charge is 2.27. The van der Waals surface area contributed by atoms with Gasteiger partial charge in [-0.25, -0.2) is 9.79 Å². The van der Waals surface area contributed by atoms with Crippen LogP contribution in [0.3, 0.4) is 0 Å². The molecule has 0 amide bonds. The van der Waals surface area contributed by atoms with Crippen molar-refractivity contribution in [3.05, 3.63) is 33.9 Å². The lowest BCUT2D eigenvalue weighted by molar-refractivity contribution is -0.386. The standard InChI is InChI=1S/C13H14N2O6/c1-7(2)21-11-4-3-8(5-10(11)15(18)19)12-14-9(6-20-12)13(16)17/h3-5,7,9H,6H2,1-2H3,(H,16,17). The number of carbonyl (C=O) groups is 1. The van der Waals surface area contributed by atoms with Crippen molar-refractivity contribution in [3.63, 3.8) is 0 Å². The van der Waals surface area contributed by atoms with E-state index in [1.165, 1.54) is 12.1 Å². The number of hydrogen-bond acceptors (Lipinski definition) is 6. The summed E-state index contributed by atoms with van der Waals surface area (Å²) in [5.41, 5.74) is 0.132. The Hall–Kier alpha value is -2.64. The van der Waals surface area contributed by atoms with Gasteiger partial charge in [-0.1, -0.05) is 0 Å². The van der Waals surface area contributed by atoms with Crippen LogP contribution in [-0.2, 0) is 9.53 Å². The van der Waals surface area contributed by atoms with Crippen LogP contribution < -0.4 is 4.74 Å². The molecule has 8 nitrogen and oxygen atoms in total. The Morgan fingerprint density at radius 2 is 2.29 bits per heavy atom. The molecule has 0 bridgehead atoms. The van der Waals surface area contributed by atoms with Crippen molar-refractivity contribution in [2.45, 2.75) is 26.0 Å². The van der Waals surface area contributed by atoms with E-state index in [2.05, 4.69) is 4.99 Å². The number of carboxylic acids is 1. The number of nitro benzene ring substituents is 1. The molecule has 1 aliphatic rings. The number of rotatable bonds is 5. The monoisotopic (exact) mass is 294 g/mol. The van der Waals surface area contributed by atoms with Gasteiger partial charge >= 0.3 is 11.7 Å². The van der Waals surface area contributed by atoms with Crippen molar-refractivity contribution in [1.29, 1.82) is 0 Å². The highest BCUT2D eigenvalue weighted by atomic mass is 16.6. The molecular formula is C13H14N2O6. The van der Waals surface area contributed by atoms with Gasteiger partial charge in [0, 0.05) is 11.6 Å². The third-order valence-electron chi connectivity index (χ3n) is 2.70. The van der Waals surface area contributed by atoms with E-state index in [1.54, 1.807) is 19.9 Å². The number of benzene rings is 1. The van der Waals surface area contributed by atoms with E-state index in [0.717, 1.165) is 0 Å². The molecule has 1 atom stereocenters. The first-order valence-electron chi connectivity index (χ1n) is 6.27. The zero-order chi connectivity index (χ0) is 15.6. The molecule has 0 radical (unpaired) electrons. The van der Waals surface area contributed by atoms with Crippen molar-refractivity contribution in [3.8, 4) is 5.75 Å². The minimum atomic E-state index is -1.10. The fourth-order valence-electron chi connectivity index (χ4n) is 1.80. The molecule has 1 aromatic rings. The SMILES string of the molecule is CC(C)Oc1ccc(C2=NC(C(=O)O)CO2)cc1[N+](=O)[O-]. The first kappa shape index (κ1) is 14.8. The number of aliphatic carboxylic acids is 1. The number of nitrogens with zero attached hydrogens (tertiary/aromatic N) is 2. The van der Waals surface area contributed by atoms with Crippen molar-refractivity contribution in [2.24, 2.45) is 4.99 Å². The second-order valence-corrected chi connectivity index (χ2v) is 4.71. The molecule has 112 valence electrons. The molecule has 1 unspecified atom stereocenters. The summed E-state index contributed by atoms with van der Waals surface area (Å²) in [6.07, 6.45) is -0.203. The molecule has 0 aliphatic carbocycles. The van der Waals surface area contributed by atoms with Crippen LogP contribution in [0.2, 0.25) is 0 Å². The second kappa shape index (κ2) is 5.78. The van der Waals surface area contributed by atoms with Crippen LogP contribution in [0.4, 0.5) is 5.69 Å². The van der Waals surface area contributed by atoms with Crippen LogP contribution in [-0.4, -0.2) is 40.6 Å². The molecule has 21 heavy (non-hydrogen) atoms. The van der Waals surface area contributed by atoms with Crippen molar-refractivity contribution < 1.29 is 24.3 Å². The van der Waals surface area contributed by atoms with Crippen LogP contribution in [0.1, 0.15) is 19.4 Å². The Balaban J connectivity index is 2.35. The van der Waals surface area contributed by atoms with E-state index in [9.17, 15) is 14.9 Å². The second-order valence-electron chi connectivity index (χ2n) is 4.71. The molecule has 1 heterocycles. The fraction of sp³-hybridized carbons (Fsp3) is 0.385. The first-order valence-corrected chi connectivity index (χ1v) is 6.27. The number of aliphatic imine (C=N–C) groups is 1. The topological polar surface area (TPSA) is 111 Å². The molecule has 0 aromatic heterocycles. The van der Waals surface area contributed by atoms with Crippen LogP contribution in [0, 0.1) is 10.1 Å². The summed E-state index contributed by atoms with van der Waals surface area (Å²) in [6, 6.07) is 3.28. The molecule has 0 saturated heterocycles. The molecule has 1 aliphatic heterocycles. The molecule has 8 heteroatoms. The Morgan fingerprint density at radius 1 is 1.57 bits per heavy atom. The average Bonchev–Trinajstić information content (AvgIpc) is 2.88. The summed E-state index contributed by atoms with van der Waals surface area (Å²) >= 11 is 0.